The molecule has 0 bridgehead atoms. The third-order valence-corrected chi connectivity index (χ3v) is 3.97. The van der Waals surface area contributed by atoms with Crippen molar-refractivity contribution in [2.24, 2.45) is 5.73 Å². The lowest BCUT2D eigenvalue weighted by Crippen LogP contribution is -2.24. The third kappa shape index (κ3) is 1.51. The van der Waals surface area contributed by atoms with Gasteiger partial charge in [-0.05, 0) is 27.4 Å². The maximum absolute atomic E-state index is 12.0. The topological polar surface area (TPSA) is 80.4 Å². The van der Waals surface area contributed by atoms with Crippen molar-refractivity contribution in [3.05, 3.63) is 45.9 Å². The standard InChI is InChI=1S/C14H8BrNO3/c15-10-11(16)8-5-6-3-1-2-4-7(6)12(17)9(8)13(18)14(10)19/h1-5,17H,16H2. The van der Waals surface area contributed by atoms with Crippen molar-refractivity contribution in [3.8, 4) is 5.75 Å². The molecule has 94 valence electrons. The number of allylic oxidation sites excluding steroid dienone is 1. The number of halogens is 1. The van der Waals surface area contributed by atoms with Gasteiger partial charge in [0, 0.05) is 10.9 Å². The lowest BCUT2D eigenvalue weighted by atomic mass is 9.89. The van der Waals surface area contributed by atoms with Crippen LogP contribution in [0.2, 0.25) is 0 Å². The Morgan fingerprint density at radius 1 is 1.11 bits per heavy atom. The summed E-state index contributed by atoms with van der Waals surface area (Å²) < 4.78 is 0.0414. The monoisotopic (exact) mass is 317 g/mol. The lowest BCUT2D eigenvalue weighted by molar-refractivity contribution is -0.111. The Hall–Kier alpha value is -2.14. The van der Waals surface area contributed by atoms with Crippen LogP contribution >= 0.6 is 15.9 Å². The summed E-state index contributed by atoms with van der Waals surface area (Å²) in [7, 11) is 0. The van der Waals surface area contributed by atoms with E-state index in [1.54, 1.807) is 24.3 Å². The van der Waals surface area contributed by atoms with E-state index in [9.17, 15) is 14.7 Å². The summed E-state index contributed by atoms with van der Waals surface area (Å²) >= 11 is 3.02. The number of ketones is 2. The second-order valence-corrected chi connectivity index (χ2v) is 5.05. The van der Waals surface area contributed by atoms with E-state index in [4.69, 9.17) is 5.73 Å². The summed E-state index contributed by atoms with van der Waals surface area (Å²) in [6, 6.07) is 8.76. The van der Waals surface area contributed by atoms with Crippen molar-refractivity contribution in [2.45, 2.75) is 0 Å². The highest BCUT2D eigenvalue weighted by molar-refractivity contribution is 9.12. The van der Waals surface area contributed by atoms with Gasteiger partial charge >= 0.3 is 0 Å². The van der Waals surface area contributed by atoms with Gasteiger partial charge in [-0.15, -0.1) is 0 Å². The van der Waals surface area contributed by atoms with Crippen LogP contribution in [-0.2, 0) is 4.79 Å². The minimum atomic E-state index is -0.751. The Morgan fingerprint density at radius 3 is 2.53 bits per heavy atom. The summed E-state index contributed by atoms with van der Waals surface area (Å²) in [5, 5.41) is 11.5. The molecule has 0 aliphatic heterocycles. The Morgan fingerprint density at radius 2 is 1.79 bits per heavy atom. The number of fused-ring (bicyclic) bond motifs is 2. The molecule has 0 unspecified atom stereocenters. The molecule has 0 heterocycles. The van der Waals surface area contributed by atoms with Crippen molar-refractivity contribution < 1.29 is 14.7 Å². The molecule has 0 saturated carbocycles. The molecule has 0 aromatic heterocycles. The first kappa shape index (κ1) is 11.9. The number of carbonyl (C=O) groups excluding carboxylic acids is 2. The molecule has 4 nitrogen and oxygen atoms in total. The average Bonchev–Trinajstić information content (AvgIpc) is 2.43. The van der Waals surface area contributed by atoms with Gasteiger partial charge in [-0.2, -0.15) is 0 Å². The quantitative estimate of drug-likeness (QED) is 0.731. The molecule has 5 heteroatoms. The van der Waals surface area contributed by atoms with Gasteiger partial charge in [-0.25, -0.2) is 0 Å². The van der Waals surface area contributed by atoms with Gasteiger partial charge in [0.2, 0.25) is 11.6 Å². The third-order valence-electron chi connectivity index (χ3n) is 3.18. The molecule has 0 radical (unpaired) electrons. The number of Topliss-reactive ketones (excluding diaryl/α,β-unsaturated/α-hetero) is 2. The molecular formula is C14H8BrNO3. The van der Waals surface area contributed by atoms with Gasteiger partial charge in [0.25, 0.3) is 0 Å². The van der Waals surface area contributed by atoms with E-state index in [-0.39, 0.29) is 21.5 Å². The molecule has 2 aromatic rings. The molecule has 3 N–H and O–H groups in total. The van der Waals surface area contributed by atoms with E-state index in [1.807, 2.05) is 6.07 Å². The molecule has 3 rings (SSSR count). The van der Waals surface area contributed by atoms with Crippen LogP contribution in [-0.4, -0.2) is 16.7 Å². The van der Waals surface area contributed by atoms with Crippen molar-refractivity contribution >= 4 is 44.0 Å². The van der Waals surface area contributed by atoms with E-state index in [1.165, 1.54) is 0 Å². The number of hydrogen-bond acceptors (Lipinski definition) is 4. The van der Waals surface area contributed by atoms with Crippen LogP contribution in [0.4, 0.5) is 0 Å². The maximum Gasteiger partial charge on any atom is 0.242 e. The van der Waals surface area contributed by atoms with Gasteiger partial charge in [-0.1, -0.05) is 24.3 Å². The van der Waals surface area contributed by atoms with Crippen LogP contribution in [0.15, 0.2) is 34.8 Å². The van der Waals surface area contributed by atoms with Crippen molar-refractivity contribution in [1.29, 1.82) is 0 Å². The van der Waals surface area contributed by atoms with Gasteiger partial charge in [0.1, 0.15) is 5.75 Å². The van der Waals surface area contributed by atoms with Crippen LogP contribution in [0, 0.1) is 0 Å². The Kier molecular flexibility index (Phi) is 2.46. The minimum absolute atomic E-state index is 0.0237. The highest BCUT2D eigenvalue weighted by atomic mass is 79.9. The summed E-state index contributed by atoms with van der Waals surface area (Å²) in [6.07, 6.45) is 0. The molecule has 0 saturated heterocycles. The van der Waals surface area contributed by atoms with Crippen molar-refractivity contribution in [2.75, 3.05) is 0 Å². The molecule has 1 aliphatic rings. The van der Waals surface area contributed by atoms with Crippen molar-refractivity contribution in [3.63, 3.8) is 0 Å². The SMILES string of the molecule is NC1=C(Br)C(=O)C(=O)c2c1cc1ccccc1c2O. The largest absolute Gasteiger partial charge is 0.507 e. The second kappa shape index (κ2) is 3.93. The molecule has 0 spiro atoms. The van der Waals surface area contributed by atoms with Gasteiger partial charge in [0.15, 0.2) is 0 Å². The van der Waals surface area contributed by atoms with Crippen LogP contribution < -0.4 is 5.73 Å². The fourth-order valence-corrected chi connectivity index (χ4v) is 2.62. The zero-order valence-electron chi connectivity index (χ0n) is 9.61. The normalized spacial score (nSPS) is 15.0. The number of aromatic hydroxyl groups is 1. The predicted molar refractivity (Wildman–Crippen MR) is 75.0 cm³/mol. The molecule has 0 atom stereocenters. The number of phenolic OH excluding ortho intramolecular Hbond substituents is 1. The minimum Gasteiger partial charge on any atom is -0.507 e. The highest BCUT2D eigenvalue weighted by Crippen LogP contribution is 2.39. The first-order valence-electron chi connectivity index (χ1n) is 5.51. The van der Waals surface area contributed by atoms with Gasteiger partial charge < -0.3 is 10.8 Å². The Bertz CT molecular complexity index is 793. The van der Waals surface area contributed by atoms with Crippen LogP contribution in [0.3, 0.4) is 0 Å². The smallest absolute Gasteiger partial charge is 0.242 e. The zero-order valence-corrected chi connectivity index (χ0v) is 11.2. The van der Waals surface area contributed by atoms with E-state index in [0.29, 0.717) is 10.9 Å². The van der Waals surface area contributed by atoms with Gasteiger partial charge in [-0.3, -0.25) is 9.59 Å². The maximum atomic E-state index is 12.0. The molecule has 1 aliphatic carbocycles. The molecule has 0 amide bonds. The highest BCUT2D eigenvalue weighted by Gasteiger charge is 2.33. The number of carbonyl (C=O) groups is 2. The molecule has 2 aromatic carbocycles. The Labute approximate surface area is 116 Å². The van der Waals surface area contributed by atoms with E-state index in [2.05, 4.69) is 15.9 Å². The van der Waals surface area contributed by atoms with Crippen LogP contribution in [0.5, 0.6) is 5.75 Å². The van der Waals surface area contributed by atoms with E-state index in [0.717, 1.165) is 5.39 Å². The number of rotatable bonds is 0. The zero-order chi connectivity index (χ0) is 13.7. The number of phenols is 1. The first-order chi connectivity index (χ1) is 9.02. The van der Waals surface area contributed by atoms with Gasteiger partial charge in [0.05, 0.1) is 15.7 Å². The van der Waals surface area contributed by atoms with Crippen LogP contribution in [0.1, 0.15) is 15.9 Å². The summed E-state index contributed by atoms with van der Waals surface area (Å²) in [4.78, 5) is 23.7. The number of benzene rings is 2. The molecule has 0 fully saturated rings. The van der Waals surface area contributed by atoms with Crippen LogP contribution in [0.25, 0.3) is 16.5 Å². The predicted octanol–water partition coefficient (Wildman–Crippen LogP) is 2.33. The molecular weight excluding hydrogens is 310 g/mol. The van der Waals surface area contributed by atoms with E-state index < -0.39 is 11.6 Å². The summed E-state index contributed by atoms with van der Waals surface area (Å²) in [5.41, 5.74) is 6.38. The first-order valence-corrected chi connectivity index (χ1v) is 6.31. The fraction of sp³-hybridized carbons (Fsp3) is 0. The fourth-order valence-electron chi connectivity index (χ4n) is 2.22. The van der Waals surface area contributed by atoms with E-state index >= 15 is 0 Å². The Balaban J connectivity index is 2.50. The summed E-state index contributed by atoms with van der Waals surface area (Å²) in [5.74, 6) is -1.69. The lowest BCUT2D eigenvalue weighted by Gasteiger charge is -2.18. The average molecular weight is 318 g/mol. The molecule has 19 heavy (non-hydrogen) atoms. The van der Waals surface area contributed by atoms with Crippen molar-refractivity contribution in [1.82, 2.24) is 0 Å². The summed E-state index contributed by atoms with van der Waals surface area (Å²) in [6.45, 7) is 0. The number of hydrogen-bond donors (Lipinski definition) is 2. The second-order valence-electron chi connectivity index (χ2n) is 4.25. The number of nitrogens with two attached hydrogens (primary N) is 1.